The van der Waals surface area contributed by atoms with E-state index in [1.807, 2.05) is 0 Å². The van der Waals surface area contributed by atoms with Crippen molar-refractivity contribution < 1.29 is 78.9 Å². The molecule has 46 heavy (non-hydrogen) atoms. The number of carbonyl (C=O) groups excluding carboxylic acids is 3. The maximum absolute atomic E-state index is 12.3. The molecule has 0 aromatic carbocycles. The van der Waals surface area contributed by atoms with Crippen molar-refractivity contribution in [2.75, 3.05) is 46.2 Å². The Morgan fingerprint density at radius 1 is 0.696 bits per heavy atom. The topological polar surface area (TPSA) is 283 Å². The van der Waals surface area contributed by atoms with Crippen molar-refractivity contribution >= 4 is 17.6 Å². The third-order valence-electron chi connectivity index (χ3n) is 7.59. The van der Waals surface area contributed by atoms with E-state index in [9.17, 15) is 55.2 Å². The molecule has 18 nitrogen and oxygen atoms in total. The number of hydrogen-bond donors (Lipinski definition) is 10. The lowest BCUT2D eigenvalue weighted by Crippen LogP contribution is -2.59. The quantitative estimate of drug-likeness (QED) is 0.0513. The van der Waals surface area contributed by atoms with Gasteiger partial charge in [-0.25, -0.2) is 0 Å². The molecular formula is C28H50N2O16. The van der Waals surface area contributed by atoms with E-state index in [1.54, 1.807) is 0 Å². The predicted molar refractivity (Wildman–Crippen MR) is 154 cm³/mol. The molecule has 0 spiro atoms. The van der Waals surface area contributed by atoms with Crippen molar-refractivity contribution in [1.29, 1.82) is 0 Å². The number of nitrogens with one attached hydrogen (secondary N) is 2. The van der Waals surface area contributed by atoms with Crippen molar-refractivity contribution in [2.24, 2.45) is 0 Å². The number of ketones is 1. The normalized spacial score (nSPS) is 32.1. The van der Waals surface area contributed by atoms with Crippen LogP contribution in [0.25, 0.3) is 0 Å². The SMILES string of the molecule is CC(=O)[C@H](CCCCNC(=O)COCCOC1OC(CO)C(O)C(O)C1O)NC(=O)CCCCOC1OC(CO)C(O)C(O)C1O. The molecule has 2 saturated heterocycles. The minimum Gasteiger partial charge on any atom is -0.394 e. The van der Waals surface area contributed by atoms with Crippen LogP contribution in [-0.4, -0.2) is 172 Å². The van der Waals surface area contributed by atoms with Crippen LogP contribution in [0.3, 0.4) is 0 Å². The highest BCUT2D eigenvalue weighted by atomic mass is 16.7. The van der Waals surface area contributed by atoms with Gasteiger partial charge >= 0.3 is 0 Å². The van der Waals surface area contributed by atoms with Crippen molar-refractivity contribution in [2.45, 2.75) is 113 Å². The number of ether oxygens (including phenoxy) is 5. The molecule has 2 aliphatic heterocycles. The van der Waals surface area contributed by atoms with Crippen LogP contribution < -0.4 is 10.6 Å². The molecule has 268 valence electrons. The summed E-state index contributed by atoms with van der Waals surface area (Å²) < 4.78 is 26.3. The lowest BCUT2D eigenvalue weighted by Gasteiger charge is -2.39. The summed E-state index contributed by atoms with van der Waals surface area (Å²) in [5.41, 5.74) is 0. The fraction of sp³-hybridized carbons (Fsp3) is 0.893. The summed E-state index contributed by atoms with van der Waals surface area (Å²) in [6.07, 6.45) is -11.4. The van der Waals surface area contributed by atoms with Crippen LogP contribution in [0.5, 0.6) is 0 Å². The van der Waals surface area contributed by atoms with Crippen LogP contribution in [0.2, 0.25) is 0 Å². The molecule has 18 heteroatoms. The van der Waals surface area contributed by atoms with Gasteiger partial charge in [0.05, 0.1) is 32.5 Å². The van der Waals surface area contributed by atoms with Gasteiger partial charge in [-0.3, -0.25) is 14.4 Å². The molecule has 0 bridgehead atoms. The number of rotatable bonds is 21. The number of amides is 2. The second kappa shape index (κ2) is 21.1. The van der Waals surface area contributed by atoms with Gasteiger partial charge in [0, 0.05) is 19.6 Å². The lowest BCUT2D eigenvalue weighted by atomic mass is 9.99. The fourth-order valence-corrected chi connectivity index (χ4v) is 4.78. The summed E-state index contributed by atoms with van der Waals surface area (Å²) in [6.45, 7) is 0.234. The van der Waals surface area contributed by atoms with E-state index in [-0.39, 0.29) is 50.4 Å². The summed E-state index contributed by atoms with van der Waals surface area (Å²) in [4.78, 5) is 36.3. The van der Waals surface area contributed by atoms with Gasteiger partial charge in [-0.1, -0.05) is 0 Å². The number of aliphatic hydroxyl groups excluding tert-OH is 8. The molecule has 2 aliphatic rings. The average molecular weight is 671 g/mol. The highest BCUT2D eigenvalue weighted by molar-refractivity contribution is 5.87. The van der Waals surface area contributed by atoms with Gasteiger partial charge in [-0.05, 0) is 39.0 Å². The smallest absolute Gasteiger partial charge is 0.245 e. The van der Waals surface area contributed by atoms with E-state index < -0.39 is 80.7 Å². The van der Waals surface area contributed by atoms with Crippen molar-refractivity contribution in [1.82, 2.24) is 10.6 Å². The Bertz CT molecular complexity index is 911. The van der Waals surface area contributed by atoms with Crippen molar-refractivity contribution in [3.8, 4) is 0 Å². The molecule has 0 aliphatic carbocycles. The molecule has 2 fully saturated rings. The molecular weight excluding hydrogens is 620 g/mol. The van der Waals surface area contributed by atoms with E-state index in [0.717, 1.165) is 0 Å². The van der Waals surface area contributed by atoms with Gasteiger partial charge in [0.2, 0.25) is 11.8 Å². The van der Waals surface area contributed by atoms with Crippen LogP contribution in [0.15, 0.2) is 0 Å². The first-order valence-electron chi connectivity index (χ1n) is 15.4. The molecule has 2 amide bonds. The summed E-state index contributed by atoms with van der Waals surface area (Å²) in [5, 5.41) is 82.8. The van der Waals surface area contributed by atoms with Gasteiger partial charge in [0.1, 0.15) is 55.4 Å². The number of unbranched alkanes of at least 4 members (excludes halogenated alkanes) is 2. The number of aliphatic hydroxyl groups is 8. The minimum atomic E-state index is -1.56. The first kappa shape index (κ1) is 40.3. The molecule has 0 aromatic heterocycles. The highest BCUT2D eigenvalue weighted by Gasteiger charge is 2.45. The van der Waals surface area contributed by atoms with Gasteiger partial charge in [-0.2, -0.15) is 0 Å². The van der Waals surface area contributed by atoms with E-state index >= 15 is 0 Å². The minimum absolute atomic E-state index is 0.0340. The molecule has 2 heterocycles. The highest BCUT2D eigenvalue weighted by Crippen LogP contribution is 2.23. The summed E-state index contributed by atoms with van der Waals surface area (Å²) in [5.74, 6) is -0.920. The monoisotopic (exact) mass is 670 g/mol. The first-order chi connectivity index (χ1) is 21.9. The zero-order valence-corrected chi connectivity index (χ0v) is 25.9. The second-order valence-electron chi connectivity index (χ2n) is 11.2. The third kappa shape index (κ3) is 12.9. The van der Waals surface area contributed by atoms with Crippen LogP contribution in [0, 0.1) is 0 Å². The Hall–Kier alpha value is -1.91. The Morgan fingerprint density at radius 2 is 1.26 bits per heavy atom. The summed E-state index contributed by atoms with van der Waals surface area (Å²) in [6, 6.07) is -0.680. The van der Waals surface area contributed by atoms with E-state index in [4.69, 9.17) is 23.7 Å². The molecule has 0 radical (unpaired) electrons. The van der Waals surface area contributed by atoms with Gasteiger partial charge < -0.3 is 75.2 Å². The van der Waals surface area contributed by atoms with Crippen LogP contribution >= 0.6 is 0 Å². The Balaban J connectivity index is 1.52. The van der Waals surface area contributed by atoms with Gasteiger partial charge in [-0.15, -0.1) is 0 Å². The zero-order chi connectivity index (χ0) is 34.2. The Kier molecular flexibility index (Phi) is 18.5. The molecule has 0 saturated carbocycles. The molecule has 10 unspecified atom stereocenters. The number of carbonyl (C=O) groups is 3. The van der Waals surface area contributed by atoms with Crippen molar-refractivity contribution in [3.05, 3.63) is 0 Å². The van der Waals surface area contributed by atoms with E-state index in [2.05, 4.69) is 10.6 Å². The van der Waals surface area contributed by atoms with E-state index in [1.165, 1.54) is 6.92 Å². The van der Waals surface area contributed by atoms with Crippen LogP contribution in [-0.2, 0) is 38.1 Å². The largest absolute Gasteiger partial charge is 0.394 e. The maximum atomic E-state index is 12.3. The number of hydrogen-bond acceptors (Lipinski definition) is 16. The first-order valence-corrected chi connectivity index (χ1v) is 15.4. The van der Waals surface area contributed by atoms with Crippen LogP contribution in [0.1, 0.15) is 45.4 Å². The molecule has 2 rings (SSSR count). The average Bonchev–Trinajstić information content (AvgIpc) is 3.03. The zero-order valence-electron chi connectivity index (χ0n) is 25.9. The summed E-state index contributed by atoms with van der Waals surface area (Å²) >= 11 is 0. The summed E-state index contributed by atoms with van der Waals surface area (Å²) in [7, 11) is 0. The molecule has 11 atom stereocenters. The van der Waals surface area contributed by atoms with Crippen LogP contribution in [0.4, 0.5) is 0 Å². The van der Waals surface area contributed by atoms with Gasteiger partial charge in [0.25, 0.3) is 0 Å². The van der Waals surface area contributed by atoms with Gasteiger partial charge in [0.15, 0.2) is 18.4 Å². The lowest BCUT2D eigenvalue weighted by molar-refractivity contribution is -0.302. The third-order valence-corrected chi connectivity index (χ3v) is 7.59. The number of Topliss-reactive ketones (excluding diaryl/α,β-unsaturated/α-hetero) is 1. The maximum Gasteiger partial charge on any atom is 0.245 e. The Morgan fingerprint density at radius 3 is 1.80 bits per heavy atom. The predicted octanol–water partition coefficient (Wildman–Crippen LogP) is -4.83. The van der Waals surface area contributed by atoms with E-state index in [0.29, 0.717) is 38.6 Å². The fourth-order valence-electron chi connectivity index (χ4n) is 4.78. The molecule has 10 N–H and O–H groups in total. The molecule has 0 aromatic rings. The standard InChI is InChI=1S/C28H50N2O16/c1-15(33)16(30-19(34)7-3-5-9-43-27-25(40)23(38)21(36)17(12-31)45-27)6-2-4-8-29-20(35)14-42-10-11-44-28-26(41)24(39)22(37)18(13-32)46-28/h16-18,21-28,31-32,36-41H,2-14H2,1H3,(H,29,35)(H,30,34)/t16-,17?,18?,21?,22?,23?,24?,25?,26?,27?,28?/m0/s1. The van der Waals surface area contributed by atoms with Crippen molar-refractivity contribution in [3.63, 3.8) is 0 Å². The Labute approximate surface area is 266 Å². The second-order valence-corrected chi connectivity index (χ2v) is 11.2.